The fraction of sp³-hybridized carbons (Fsp3) is 0.600. The maximum absolute atomic E-state index is 10.9. The molecule has 22 heavy (non-hydrogen) atoms. The number of hydrogen-bond donors (Lipinski definition) is 0. The largest absolute Gasteiger partial charge is 0.374 e. The Bertz CT molecular complexity index is 515. The third kappa shape index (κ3) is 3.31. The van der Waals surface area contributed by atoms with Crippen LogP contribution in [0.1, 0.15) is 12.8 Å². The van der Waals surface area contributed by atoms with Crippen LogP contribution < -0.4 is 4.90 Å². The third-order valence-electron chi connectivity index (χ3n) is 4.48. The molecule has 2 aliphatic heterocycles. The van der Waals surface area contributed by atoms with Crippen LogP contribution in [-0.2, 0) is 9.53 Å². The smallest absolute Gasteiger partial charge is 0.209 e. The van der Waals surface area contributed by atoms with Gasteiger partial charge < -0.3 is 14.5 Å². The summed E-state index contributed by atoms with van der Waals surface area (Å²) in [6, 6.07) is 0. The van der Waals surface area contributed by atoms with E-state index in [4.69, 9.17) is 27.9 Å². The van der Waals surface area contributed by atoms with Gasteiger partial charge in [0, 0.05) is 38.6 Å². The second-order valence-corrected chi connectivity index (χ2v) is 6.60. The highest BCUT2D eigenvalue weighted by Crippen LogP contribution is 2.36. The van der Waals surface area contributed by atoms with Crippen LogP contribution in [0.25, 0.3) is 0 Å². The summed E-state index contributed by atoms with van der Waals surface area (Å²) in [4.78, 5) is 18.9. The number of anilines is 1. The Hall–Kier alpha value is -1.04. The highest BCUT2D eigenvalue weighted by Gasteiger charge is 2.31. The number of nitrogens with zero attached hydrogens (tertiary/aromatic N) is 3. The van der Waals surface area contributed by atoms with E-state index in [0.717, 1.165) is 38.0 Å². The van der Waals surface area contributed by atoms with Crippen molar-refractivity contribution in [2.75, 3.05) is 37.7 Å². The molecule has 2 aliphatic rings. The molecule has 3 rings (SSSR count). The zero-order valence-electron chi connectivity index (χ0n) is 12.3. The minimum absolute atomic E-state index is 0.143. The van der Waals surface area contributed by atoms with Crippen LogP contribution in [0.15, 0.2) is 12.4 Å². The van der Waals surface area contributed by atoms with E-state index in [1.54, 1.807) is 17.3 Å². The highest BCUT2D eigenvalue weighted by molar-refractivity contribution is 6.38. The maximum Gasteiger partial charge on any atom is 0.209 e. The predicted octanol–water partition coefficient (Wildman–Crippen LogP) is 2.46. The van der Waals surface area contributed by atoms with Crippen LogP contribution >= 0.6 is 23.2 Å². The van der Waals surface area contributed by atoms with Gasteiger partial charge in [-0.1, -0.05) is 23.2 Å². The number of pyridine rings is 1. The lowest BCUT2D eigenvalue weighted by Crippen LogP contribution is -2.48. The summed E-state index contributed by atoms with van der Waals surface area (Å²) < 4.78 is 5.86. The fourth-order valence-electron chi connectivity index (χ4n) is 3.28. The summed E-state index contributed by atoms with van der Waals surface area (Å²) in [5.41, 5.74) is 0.871. The van der Waals surface area contributed by atoms with E-state index in [2.05, 4.69) is 9.88 Å². The molecule has 0 saturated carbocycles. The number of hydrogen-bond acceptors (Lipinski definition) is 4. The van der Waals surface area contributed by atoms with Gasteiger partial charge in [-0.3, -0.25) is 9.78 Å². The van der Waals surface area contributed by atoms with Gasteiger partial charge in [0.05, 0.1) is 28.4 Å². The van der Waals surface area contributed by atoms with Crippen LogP contribution in [0.4, 0.5) is 5.69 Å². The van der Waals surface area contributed by atoms with E-state index in [1.807, 2.05) is 0 Å². The highest BCUT2D eigenvalue weighted by atomic mass is 35.5. The van der Waals surface area contributed by atoms with E-state index < -0.39 is 0 Å². The lowest BCUT2D eigenvalue weighted by molar-refractivity contribution is -0.128. The van der Waals surface area contributed by atoms with Gasteiger partial charge >= 0.3 is 0 Å². The minimum Gasteiger partial charge on any atom is -0.374 e. The van der Waals surface area contributed by atoms with Gasteiger partial charge in [0.15, 0.2) is 0 Å². The average Bonchev–Trinajstić information content (AvgIpc) is 2.55. The molecular weight excluding hydrogens is 325 g/mol. The van der Waals surface area contributed by atoms with Crippen molar-refractivity contribution in [3.63, 3.8) is 0 Å². The van der Waals surface area contributed by atoms with Crippen molar-refractivity contribution in [1.82, 2.24) is 9.88 Å². The monoisotopic (exact) mass is 343 g/mol. The fourth-order valence-corrected chi connectivity index (χ4v) is 3.88. The van der Waals surface area contributed by atoms with Gasteiger partial charge in [-0.2, -0.15) is 0 Å². The molecule has 1 aromatic heterocycles. The average molecular weight is 344 g/mol. The molecule has 7 heteroatoms. The Morgan fingerprint density at radius 2 is 1.86 bits per heavy atom. The van der Waals surface area contributed by atoms with E-state index >= 15 is 0 Å². The number of ether oxygens (including phenoxy) is 1. The molecule has 1 unspecified atom stereocenters. The number of carbonyl (C=O) groups excluding carboxylic acids is 1. The van der Waals surface area contributed by atoms with Crippen molar-refractivity contribution >= 4 is 35.3 Å². The van der Waals surface area contributed by atoms with Crippen LogP contribution in [0.5, 0.6) is 0 Å². The predicted molar refractivity (Wildman–Crippen MR) is 86.6 cm³/mol. The van der Waals surface area contributed by atoms with Gasteiger partial charge in [0.1, 0.15) is 0 Å². The molecule has 1 amide bonds. The Morgan fingerprint density at radius 1 is 1.18 bits per heavy atom. The molecule has 5 nitrogen and oxygen atoms in total. The van der Waals surface area contributed by atoms with E-state index in [0.29, 0.717) is 35.7 Å². The number of carbonyl (C=O) groups is 1. The summed E-state index contributed by atoms with van der Waals surface area (Å²) in [7, 11) is 0. The molecule has 2 saturated heterocycles. The molecule has 0 spiro atoms. The molecule has 2 fully saturated rings. The number of amides is 1. The quantitative estimate of drug-likeness (QED) is 0.791. The summed E-state index contributed by atoms with van der Waals surface area (Å²) in [5.74, 6) is 0.471. The van der Waals surface area contributed by atoms with E-state index in [9.17, 15) is 4.79 Å². The maximum atomic E-state index is 10.9. The summed E-state index contributed by atoms with van der Waals surface area (Å²) in [6.45, 7) is 3.79. The lowest BCUT2D eigenvalue weighted by Gasteiger charge is -2.40. The van der Waals surface area contributed by atoms with Crippen molar-refractivity contribution < 1.29 is 9.53 Å². The van der Waals surface area contributed by atoms with Crippen molar-refractivity contribution in [2.45, 2.75) is 18.9 Å². The molecular formula is C15H19Cl2N3O2. The normalized spacial score (nSPS) is 23.6. The van der Waals surface area contributed by atoms with Crippen LogP contribution in [0.2, 0.25) is 10.0 Å². The Balaban J connectivity index is 1.62. The van der Waals surface area contributed by atoms with Crippen LogP contribution in [0.3, 0.4) is 0 Å². The first-order chi connectivity index (χ1) is 10.7. The van der Waals surface area contributed by atoms with Gasteiger partial charge in [0.25, 0.3) is 0 Å². The first kappa shape index (κ1) is 15.8. The SMILES string of the molecule is O=CN1CCOC(C2CCN(c3c(Cl)cncc3Cl)CC2)C1. The molecule has 0 aromatic carbocycles. The lowest BCUT2D eigenvalue weighted by atomic mass is 9.90. The summed E-state index contributed by atoms with van der Waals surface area (Å²) in [6.07, 6.45) is 6.33. The van der Waals surface area contributed by atoms with E-state index in [1.165, 1.54) is 0 Å². The summed E-state index contributed by atoms with van der Waals surface area (Å²) >= 11 is 12.5. The number of aromatic nitrogens is 1. The van der Waals surface area contributed by atoms with Crippen molar-refractivity contribution in [2.24, 2.45) is 5.92 Å². The molecule has 1 atom stereocenters. The zero-order valence-corrected chi connectivity index (χ0v) is 13.8. The second kappa shape index (κ2) is 7.02. The van der Waals surface area contributed by atoms with Gasteiger partial charge in [-0.05, 0) is 18.8 Å². The molecule has 0 radical (unpaired) electrons. The minimum atomic E-state index is 0.143. The topological polar surface area (TPSA) is 45.7 Å². The number of rotatable bonds is 3. The Labute approximate surface area is 140 Å². The van der Waals surface area contributed by atoms with Crippen LogP contribution in [-0.4, -0.2) is 55.2 Å². The van der Waals surface area contributed by atoms with Gasteiger partial charge in [-0.15, -0.1) is 0 Å². The Morgan fingerprint density at radius 3 is 2.50 bits per heavy atom. The van der Waals surface area contributed by atoms with Crippen molar-refractivity contribution in [3.8, 4) is 0 Å². The van der Waals surface area contributed by atoms with Gasteiger partial charge in [-0.25, -0.2) is 0 Å². The molecule has 3 heterocycles. The molecule has 0 N–H and O–H groups in total. The first-order valence-electron chi connectivity index (χ1n) is 7.54. The first-order valence-corrected chi connectivity index (χ1v) is 8.29. The molecule has 0 aliphatic carbocycles. The molecule has 0 bridgehead atoms. The third-order valence-corrected chi connectivity index (χ3v) is 5.04. The van der Waals surface area contributed by atoms with Crippen molar-refractivity contribution in [1.29, 1.82) is 0 Å². The molecule has 120 valence electrons. The molecule has 1 aromatic rings. The summed E-state index contributed by atoms with van der Waals surface area (Å²) in [5, 5.41) is 1.18. The van der Waals surface area contributed by atoms with Crippen molar-refractivity contribution in [3.05, 3.63) is 22.4 Å². The van der Waals surface area contributed by atoms with E-state index in [-0.39, 0.29) is 6.10 Å². The number of piperidine rings is 1. The standard InChI is InChI=1S/C15H19Cl2N3O2/c16-12-7-18-8-13(17)15(12)20-3-1-11(2-4-20)14-9-19(10-21)5-6-22-14/h7-8,10-11,14H,1-6,9H2. The second-order valence-electron chi connectivity index (χ2n) is 5.79. The Kier molecular flexibility index (Phi) is 5.06. The van der Waals surface area contributed by atoms with Crippen LogP contribution in [0, 0.1) is 5.92 Å². The zero-order chi connectivity index (χ0) is 15.5. The van der Waals surface area contributed by atoms with Gasteiger partial charge in [0.2, 0.25) is 6.41 Å². The number of morpholine rings is 1. The number of halogens is 2.